The lowest BCUT2D eigenvalue weighted by Gasteiger charge is -2.08. The number of imidazole rings is 1. The Morgan fingerprint density at radius 2 is 2.04 bits per heavy atom. The van der Waals surface area contributed by atoms with Crippen molar-refractivity contribution in [2.24, 2.45) is 0 Å². The lowest BCUT2D eigenvalue weighted by atomic mass is 10.2. The van der Waals surface area contributed by atoms with Crippen LogP contribution in [-0.4, -0.2) is 22.0 Å². The molecule has 0 spiro atoms. The first-order valence-corrected chi connectivity index (χ1v) is 8.56. The summed E-state index contributed by atoms with van der Waals surface area (Å²) >= 11 is 1.62. The van der Waals surface area contributed by atoms with Crippen molar-refractivity contribution in [1.82, 2.24) is 14.9 Å². The minimum atomic E-state index is -2.65. The molecule has 0 bridgehead atoms. The number of halogens is 2. The second-order valence-corrected chi connectivity index (χ2v) is 6.38. The largest absolute Gasteiger partial charge is 0.356 e. The molecule has 1 amide bonds. The van der Waals surface area contributed by atoms with Crippen LogP contribution in [0.25, 0.3) is 11.0 Å². The molecule has 3 rings (SSSR count). The topological polar surface area (TPSA) is 46.9 Å². The number of nitrogens with one attached hydrogen (secondary N) is 1. The standard InChI is InChI=1S/C17H17F2N3OS/c18-17(19)22-14-6-2-1-5-13(14)21-15(22)9-10-20-16(23)8-7-12-4-3-11-24-12/h1-6,11,17H,7-10H2,(H,20,23). The van der Waals surface area contributed by atoms with Crippen molar-refractivity contribution in [2.75, 3.05) is 6.54 Å². The highest BCUT2D eigenvalue weighted by Crippen LogP contribution is 2.23. The molecule has 7 heteroatoms. The Balaban J connectivity index is 1.57. The van der Waals surface area contributed by atoms with Gasteiger partial charge in [-0.1, -0.05) is 18.2 Å². The number of thiophene rings is 1. The van der Waals surface area contributed by atoms with Gasteiger partial charge in [0.05, 0.1) is 11.0 Å². The van der Waals surface area contributed by atoms with Crippen LogP contribution >= 0.6 is 11.3 Å². The highest BCUT2D eigenvalue weighted by molar-refractivity contribution is 7.09. The fourth-order valence-corrected chi connectivity index (χ4v) is 3.29. The van der Waals surface area contributed by atoms with Crippen molar-refractivity contribution in [1.29, 1.82) is 0 Å². The van der Waals surface area contributed by atoms with Crippen LogP contribution in [-0.2, 0) is 17.6 Å². The molecular weight excluding hydrogens is 332 g/mol. The Morgan fingerprint density at radius 3 is 2.79 bits per heavy atom. The number of rotatable bonds is 7. The number of para-hydroxylation sites is 2. The second-order valence-electron chi connectivity index (χ2n) is 5.34. The molecule has 0 saturated carbocycles. The predicted octanol–water partition coefficient (Wildman–Crippen LogP) is 3.78. The van der Waals surface area contributed by atoms with Crippen LogP contribution in [0.5, 0.6) is 0 Å². The number of fused-ring (bicyclic) bond motifs is 1. The lowest BCUT2D eigenvalue weighted by Crippen LogP contribution is -2.26. The molecule has 0 unspecified atom stereocenters. The molecular formula is C17H17F2N3OS. The van der Waals surface area contributed by atoms with Gasteiger partial charge >= 0.3 is 6.55 Å². The number of carbonyl (C=O) groups is 1. The van der Waals surface area contributed by atoms with Crippen LogP contribution in [0.2, 0.25) is 0 Å². The van der Waals surface area contributed by atoms with Gasteiger partial charge in [-0.2, -0.15) is 8.78 Å². The summed E-state index contributed by atoms with van der Waals surface area (Å²) in [6.07, 6.45) is 1.36. The van der Waals surface area contributed by atoms with Gasteiger partial charge in [0, 0.05) is 24.3 Å². The van der Waals surface area contributed by atoms with E-state index in [0.29, 0.717) is 30.4 Å². The summed E-state index contributed by atoms with van der Waals surface area (Å²) in [6.45, 7) is -2.36. The molecule has 2 heterocycles. The van der Waals surface area contributed by atoms with Gasteiger partial charge in [-0.05, 0) is 30.0 Å². The van der Waals surface area contributed by atoms with Gasteiger partial charge in [0.15, 0.2) is 0 Å². The number of hydrogen-bond donors (Lipinski definition) is 1. The molecule has 4 nitrogen and oxygen atoms in total. The summed E-state index contributed by atoms with van der Waals surface area (Å²) in [7, 11) is 0. The van der Waals surface area contributed by atoms with E-state index in [1.807, 2.05) is 17.5 Å². The van der Waals surface area contributed by atoms with Gasteiger partial charge in [0.25, 0.3) is 0 Å². The highest BCUT2D eigenvalue weighted by atomic mass is 32.1. The molecule has 0 atom stereocenters. The maximum absolute atomic E-state index is 13.3. The maximum atomic E-state index is 13.3. The third kappa shape index (κ3) is 3.79. The van der Waals surface area contributed by atoms with Gasteiger partial charge < -0.3 is 5.32 Å². The molecule has 0 aliphatic heterocycles. The van der Waals surface area contributed by atoms with Crippen LogP contribution in [0.15, 0.2) is 41.8 Å². The first-order valence-electron chi connectivity index (χ1n) is 7.68. The summed E-state index contributed by atoms with van der Waals surface area (Å²) < 4.78 is 27.5. The van der Waals surface area contributed by atoms with Crippen LogP contribution < -0.4 is 5.32 Å². The number of nitrogens with zero attached hydrogens (tertiary/aromatic N) is 2. The normalized spacial score (nSPS) is 11.3. The molecule has 3 aromatic rings. The average Bonchev–Trinajstić information content (AvgIpc) is 3.20. The number of alkyl halides is 2. The molecule has 1 aromatic carbocycles. The van der Waals surface area contributed by atoms with Crippen molar-refractivity contribution in [3.05, 3.63) is 52.5 Å². The van der Waals surface area contributed by atoms with Gasteiger partial charge in [-0.15, -0.1) is 11.3 Å². The number of amides is 1. The quantitative estimate of drug-likeness (QED) is 0.705. The second kappa shape index (κ2) is 7.53. The summed E-state index contributed by atoms with van der Waals surface area (Å²) in [4.78, 5) is 17.2. The highest BCUT2D eigenvalue weighted by Gasteiger charge is 2.17. The third-order valence-corrected chi connectivity index (χ3v) is 4.65. The fraction of sp³-hybridized carbons (Fsp3) is 0.294. The van der Waals surface area contributed by atoms with Gasteiger partial charge in [-0.25, -0.2) is 4.98 Å². The molecule has 24 heavy (non-hydrogen) atoms. The number of aryl methyl sites for hydroxylation is 1. The van der Waals surface area contributed by atoms with Gasteiger partial charge in [0.1, 0.15) is 5.82 Å². The lowest BCUT2D eigenvalue weighted by molar-refractivity contribution is -0.121. The Kier molecular flexibility index (Phi) is 5.20. The first-order chi connectivity index (χ1) is 11.6. The Hall–Kier alpha value is -2.28. The summed E-state index contributed by atoms with van der Waals surface area (Å²) in [5, 5.41) is 4.75. The monoisotopic (exact) mass is 349 g/mol. The average molecular weight is 349 g/mol. The number of carbonyl (C=O) groups excluding carboxylic acids is 1. The van der Waals surface area contributed by atoms with E-state index in [4.69, 9.17) is 0 Å². The van der Waals surface area contributed by atoms with E-state index in [1.165, 1.54) is 0 Å². The molecule has 0 saturated heterocycles. The van der Waals surface area contributed by atoms with Crippen molar-refractivity contribution >= 4 is 28.3 Å². The van der Waals surface area contributed by atoms with E-state index in [0.717, 1.165) is 9.44 Å². The Morgan fingerprint density at radius 1 is 1.21 bits per heavy atom. The fourth-order valence-electron chi connectivity index (χ4n) is 2.58. The predicted molar refractivity (Wildman–Crippen MR) is 90.3 cm³/mol. The van der Waals surface area contributed by atoms with Crippen LogP contribution in [0.1, 0.15) is 23.7 Å². The van der Waals surface area contributed by atoms with Crippen LogP contribution in [0.3, 0.4) is 0 Å². The minimum absolute atomic E-state index is 0.0805. The van der Waals surface area contributed by atoms with E-state index in [9.17, 15) is 13.6 Å². The first kappa shape index (κ1) is 16.6. The smallest absolute Gasteiger partial charge is 0.320 e. The molecule has 2 aromatic heterocycles. The van der Waals surface area contributed by atoms with E-state index in [1.54, 1.807) is 35.6 Å². The molecule has 0 radical (unpaired) electrons. The molecule has 126 valence electrons. The molecule has 0 aliphatic carbocycles. The summed E-state index contributed by atoms with van der Waals surface area (Å²) in [6, 6.07) is 10.7. The zero-order valence-corrected chi connectivity index (χ0v) is 13.7. The summed E-state index contributed by atoms with van der Waals surface area (Å²) in [5.41, 5.74) is 0.948. The summed E-state index contributed by atoms with van der Waals surface area (Å²) in [5.74, 6) is 0.202. The van der Waals surface area contributed by atoms with Crippen molar-refractivity contribution in [2.45, 2.75) is 25.8 Å². The van der Waals surface area contributed by atoms with E-state index >= 15 is 0 Å². The number of hydrogen-bond acceptors (Lipinski definition) is 3. The number of aromatic nitrogens is 2. The van der Waals surface area contributed by atoms with Crippen LogP contribution in [0.4, 0.5) is 8.78 Å². The number of benzene rings is 1. The molecule has 0 aliphatic rings. The molecule has 0 fully saturated rings. The van der Waals surface area contributed by atoms with Gasteiger partial charge in [0.2, 0.25) is 5.91 Å². The van der Waals surface area contributed by atoms with E-state index < -0.39 is 6.55 Å². The minimum Gasteiger partial charge on any atom is -0.356 e. The SMILES string of the molecule is O=C(CCc1cccs1)NCCc1nc2ccccc2n1C(F)F. The Labute approximate surface area is 142 Å². The zero-order valence-electron chi connectivity index (χ0n) is 12.9. The molecule has 1 N–H and O–H groups in total. The van der Waals surface area contributed by atoms with Crippen molar-refractivity contribution in [3.8, 4) is 0 Å². The third-order valence-electron chi connectivity index (χ3n) is 3.71. The van der Waals surface area contributed by atoms with Crippen LogP contribution in [0, 0.1) is 0 Å². The van der Waals surface area contributed by atoms with E-state index in [-0.39, 0.29) is 18.2 Å². The van der Waals surface area contributed by atoms with Crippen molar-refractivity contribution < 1.29 is 13.6 Å². The maximum Gasteiger partial charge on any atom is 0.320 e. The zero-order chi connectivity index (χ0) is 16.9. The Bertz CT molecular complexity index is 814. The van der Waals surface area contributed by atoms with Crippen molar-refractivity contribution in [3.63, 3.8) is 0 Å². The van der Waals surface area contributed by atoms with Gasteiger partial charge in [-0.3, -0.25) is 9.36 Å². The van der Waals surface area contributed by atoms with E-state index in [2.05, 4.69) is 10.3 Å².